The number of rotatable bonds is 4. The molecule has 0 aliphatic carbocycles. The molecule has 1 aromatic carbocycles. The van der Waals surface area contributed by atoms with Crippen molar-refractivity contribution in [2.24, 2.45) is 0 Å². The molecule has 13 heavy (non-hydrogen) atoms. The zero-order valence-electron chi connectivity index (χ0n) is 6.97. The van der Waals surface area contributed by atoms with E-state index in [0.29, 0.717) is 0 Å². The van der Waals surface area contributed by atoms with E-state index >= 15 is 0 Å². The Bertz CT molecular complexity index is 325. The topological polar surface area (TPSA) is 43.1 Å². The van der Waals surface area contributed by atoms with Crippen LogP contribution in [0.15, 0.2) is 41.8 Å². The maximum Gasteiger partial charge on any atom is 0.270 e. The first-order chi connectivity index (χ1) is 6.24. The minimum absolute atomic E-state index is 0.133. The van der Waals surface area contributed by atoms with Gasteiger partial charge in [0.05, 0.1) is 4.92 Å². The average Bonchev–Trinajstić information content (AvgIpc) is 2.15. The maximum atomic E-state index is 10.4. The fourth-order valence-electron chi connectivity index (χ4n) is 0.842. The SMILES string of the molecule is C=CCSc1cccc([N+](=O)[O-])c1. The summed E-state index contributed by atoms with van der Waals surface area (Å²) in [6, 6.07) is 6.58. The summed E-state index contributed by atoms with van der Waals surface area (Å²) < 4.78 is 0. The van der Waals surface area contributed by atoms with Gasteiger partial charge in [-0.2, -0.15) is 0 Å². The molecule has 0 unspecified atom stereocenters. The molecular weight excluding hydrogens is 186 g/mol. The second kappa shape index (κ2) is 4.67. The molecule has 0 aliphatic rings. The second-order valence-electron chi connectivity index (χ2n) is 2.35. The van der Waals surface area contributed by atoms with Crippen molar-refractivity contribution in [3.63, 3.8) is 0 Å². The third kappa shape index (κ3) is 2.91. The number of nitro groups is 1. The second-order valence-corrected chi connectivity index (χ2v) is 3.45. The van der Waals surface area contributed by atoms with Crippen LogP contribution in [0.3, 0.4) is 0 Å². The standard InChI is InChI=1S/C9H9NO2S/c1-2-6-13-9-5-3-4-8(7-9)10(11)12/h2-5,7H,1,6H2. The largest absolute Gasteiger partial charge is 0.270 e. The Balaban J connectivity index is 2.79. The van der Waals surface area contributed by atoms with Gasteiger partial charge in [0.1, 0.15) is 0 Å². The van der Waals surface area contributed by atoms with Gasteiger partial charge in [0.2, 0.25) is 0 Å². The lowest BCUT2D eigenvalue weighted by atomic mass is 10.3. The van der Waals surface area contributed by atoms with Gasteiger partial charge in [-0.1, -0.05) is 12.1 Å². The van der Waals surface area contributed by atoms with Crippen LogP contribution in [0.5, 0.6) is 0 Å². The van der Waals surface area contributed by atoms with E-state index in [9.17, 15) is 10.1 Å². The number of hydrogen-bond acceptors (Lipinski definition) is 3. The first-order valence-corrected chi connectivity index (χ1v) is 4.71. The first-order valence-electron chi connectivity index (χ1n) is 3.72. The van der Waals surface area contributed by atoms with Crippen molar-refractivity contribution in [2.75, 3.05) is 5.75 Å². The molecule has 0 bridgehead atoms. The predicted molar refractivity (Wildman–Crippen MR) is 54.0 cm³/mol. The van der Waals surface area contributed by atoms with Crippen LogP contribution >= 0.6 is 11.8 Å². The minimum Gasteiger partial charge on any atom is -0.258 e. The average molecular weight is 195 g/mol. The highest BCUT2D eigenvalue weighted by Crippen LogP contribution is 2.22. The molecule has 0 aromatic heterocycles. The number of nitro benzene ring substituents is 1. The Morgan fingerprint density at radius 2 is 2.38 bits per heavy atom. The molecule has 0 N–H and O–H groups in total. The monoisotopic (exact) mass is 195 g/mol. The van der Waals surface area contributed by atoms with E-state index in [2.05, 4.69) is 6.58 Å². The Kier molecular flexibility index (Phi) is 3.52. The molecule has 0 saturated heterocycles. The van der Waals surface area contributed by atoms with E-state index in [1.807, 2.05) is 6.07 Å². The third-order valence-electron chi connectivity index (χ3n) is 1.40. The lowest BCUT2D eigenvalue weighted by Gasteiger charge is -1.97. The van der Waals surface area contributed by atoms with E-state index in [1.54, 1.807) is 18.2 Å². The Labute approximate surface area is 80.6 Å². The molecule has 0 heterocycles. The van der Waals surface area contributed by atoms with Crippen molar-refractivity contribution in [1.82, 2.24) is 0 Å². The van der Waals surface area contributed by atoms with Crippen molar-refractivity contribution in [2.45, 2.75) is 4.90 Å². The van der Waals surface area contributed by atoms with Gasteiger partial charge >= 0.3 is 0 Å². The Morgan fingerprint density at radius 3 is 3.00 bits per heavy atom. The van der Waals surface area contributed by atoms with Crippen molar-refractivity contribution in [3.05, 3.63) is 47.0 Å². The Hall–Kier alpha value is -1.29. The molecule has 0 radical (unpaired) electrons. The number of thioether (sulfide) groups is 1. The number of non-ortho nitro benzene ring substituents is 1. The zero-order chi connectivity index (χ0) is 9.68. The molecule has 0 fully saturated rings. The Morgan fingerprint density at radius 1 is 1.62 bits per heavy atom. The molecule has 0 aliphatic heterocycles. The maximum absolute atomic E-state index is 10.4. The fraction of sp³-hybridized carbons (Fsp3) is 0.111. The van der Waals surface area contributed by atoms with Crippen LogP contribution in [0.25, 0.3) is 0 Å². The lowest BCUT2D eigenvalue weighted by Crippen LogP contribution is -1.87. The van der Waals surface area contributed by atoms with Gasteiger partial charge in [0.25, 0.3) is 5.69 Å². The summed E-state index contributed by atoms with van der Waals surface area (Å²) in [5.41, 5.74) is 0.133. The minimum atomic E-state index is -0.391. The van der Waals surface area contributed by atoms with Crippen molar-refractivity contribution in [3.8, 4) is 0 Å². The van der Waals surface area contributed by atoms with Crippen molar-refractivity contribution in [1.29, 1.82) is 0 Å². The van der Waals surface area contributed by atoms with Crippen molar-refractivity contribution < 1.29 is 4.92 Å². The third-order valence-corrected chi connectivity index (χ3v) is 2.39. The summed E-state index contributed by atoms with van der Waals surface area (Å²) in [4.78, 5) is 10.9. The highest BCUT2D eigenvalue weighted by molar-refractivity contribution is 7.99. The van der Waals surface area contributed by atoms with Gasteiger partial charge in [-0.15, -0.1) is 18.3 Å². The van der Waals surface area contributed by atoms with Crippen LogP contribution in [0.2, 0.25) is 0 Å². The normalized spacial score (nSPS) is 9.54. The van der Waals surface area contributed by atoms with Gasteiger partial charge in [0, 0.05) is 22.8 Å². The molecule has 68 valence electrons. The number of nitrogens with zero attached hydrogens (tertiary/aromatic N) is 1. The summed E-state index contributed by atoms with van der Waals surface area (Å²) in [7, 11) is 0. The summed E-state index contributed by atoms with van der Waals surface area (Å²) in [5, 5.41) is 10.4. The van der Waals surface area contributed by atoms with Gasteiger partial charge < -0.3 is 0 Å². The molecule has 1 aromatic rings. The van der Waals surface area contributed by atoms with Crippen LogP contribution in [0.4, 0.5) is 5.69 Å². The summed E-state index contributed by atoms with van der Waals surface area (Å²) >= 11 is 1.53. The molecule has 0 saturated carbocycles. The van der Waals surface area contributed by atoms with Crippen LogP contribution in [-0.4, -0.2) is 10.7 Å². The number of hydrogen-bond donors (Lipinski definition) is 0. The highest BCUT2D eigenvalue weighted by Gasteiger charge is 2.04. The molecular formula is C9H9NO2S. The predicted octanol–water partition coefficient (Wildman–Crippen LogP) is 2.87. The molecule has 0 amide bonds. The molecule has 1 rings (SSSR count). The summed E-state index contributed by atoms with van der Waals surface area (Å²) in [5.74, 6) is 0.765. The highest BCUT2D eigenvalue weighted by atomic mass is 32.2. The van der Waals surface area contributed by atoms with E-state index in [4.69, 9.17) is 0 Å². The fourth-order valence-corrected chi connectivity index (χ4v) is 1.53. The first kappa shape index (κ1) is 9.80. The van der Waals surface area contributed by atoms with Crippen molar-refractivity contribution >= 4 is 17.4 Å². The molecule has 4 heteroatoms. The van der Waals surface area contributed by atoms with Crippen LogP contribution in [0, 0.1) is 10.1 Å². The van der Waals surface area contributed by atoms with Gasteiger partial charge in [-0.25, -0.2) is 0 Å². The van der Waals surface area contributed by atoms with E-state index in [-0.39, 0.29) is 5.69 Å². The lowest BCUT2D eigenvalue weighted by molar-refractivity contribution is -0.385. The molecule has 0 atom stereocenters. The quantitative estimate of drug-likeness (QED) is 0.321. The molecule has 0 spiro atoms. The number of benzene rings is 1. The van der Waals surface area contributed by atoms with Crippen LogP contribution < -0.4 is 0 Å². The zero-order valence-corrected chi connectivity index (χ0v) is 7.79. The van der Waals surface area contributed by atoms with E-state index in [1.165, 1.54) is 17.8 Å². The van der Waals surface area contributed by atoms with E-state index in [0.717, 1.165) is 10.6 Å². The van der Waals surface area contributed by atoms with Crippen LogP contribution in [0.1, 0.15) is 0 Å². The van der Waals surface area contributed by atoms with Gasteiger partial charge in [0.15, 0.2) is 0 Å². The summed E-state index contributed by atoms with van der Waals surface area (Å²) in [6.45, 7) is 3.58. The summed E-state index contributed by atoms with van der Waals surface area (Å²) in [6.07, 6.45) is 1.77. The van der Waals surface area contributed by atoms with E-state index < -0.39 is 4.92 Å². The van der Waals surface area contributed by atoms with Crippen LogP contribution in [-0.2, 0) is 0 Å². The van der Waals surface area contributed by atoms with Gasteiger partial charge in [-0.05, 0) is 6.07 Å². The molecule has 3 nitrogen and oxygen atoms in total. The smallest absolute Gasteiger partial charge is 0.258 e. The van der Waals surface area contributed by atoms with Gasteiger partial charge in [-0.3, -0.25) is 10.1 Å².